The average Bonchev–Trinajstić information content (AvgIpc) is 3.23. The maximum atomic E-state index is 5.37. The molecule has 6 nitrogen and oxygen atoms in total. The third-order valence-electron chi connectivity index (χ3n) is 4.30. The van der Waals surface area contributed by atoms with Crippen LogP contribution in [0.2, 0.25) is 0 Å². The van der Waals surface area contributed by atoms with Crippen molar-refractivity contribution in [1.29, 1.82) is 0 Å². The predicted molar refractivity (Wildman–Crippen MR) is 95.5 cm³/mol. The summed E-state index contributed by atoms with van der Waals surface area (Å²) in [4.78, 5) is 4.44. The highest BCUT2D eigenvalue weighted by molar-refractivity contribution is 7.99. The van der Waals surface area contributed by atoms with Crippen LogP contribution in [0.25, 0.3) is 0 Å². The molecule has 130 valence electrons. The van der Waals surface area contributed by atoms with E-state index < -0.39 is 0 Å². The van der Waals surface area contributed by atoms with Crippen molar-refractivity contribution in [2.24, 2.45) is 0 Å². The normalized spacial score (nSPS) is 15.4. The number of nitrogens with zero attached hydrogens (tertiary/aromatic N) is 5. The van der Waals surface area contributed by atoms with Crippen LogP contribution in [0.1, 0.15) is 61.0 Å². The smallest absolute Gasteiger partial charge is 0.239 e. The predicted octanol–water partition coefficient (Wildman–Crippen LogP) is 4.00. The molecule has 0 aliphatic heterocycles. The van der Waals surface area contributed by atoms with Crippen molar-refractivity contribution in [3.8, 4) is 0 Å². The first kappa shape index (κ1) is 16.3. The number of aryl methyl sites for hydroxylation is 1. The molecule has 7 heteroatoms. The summed E-state index contributed by atoms with van der Waals surface area (Å²) < 4.78 is 7.62. The van der Waals surface area contributed by atoms with Crippen molar-refractivity contribution < 1.29 is 4.52 Å². The lowest BCUT2D eigenvalue weighted by molar-refractivity contribution is 0.375. The Morgan fingerprint density at radius 3 is 2.72 bits per heavy atom. The molecule has 1 saturated carbocycles. The van der Waals surface area contributed by atoms with Crippen LogP contribution in [0, 0.1) is 0 Å². The minimum Gasteiger partial charge on any atom is -0.338 e. The van der Waals surface area contributed by atoms with Crippen LogP contribution in [0.4, 0.5) is 0 Å². The molecular weight excluding hydrogens is 334 g/mol. The van der Waals surface area contributed by atoms with Gasteiger partial charge in [0, 0.05) is 12.3 Å². The van der Waals surface area contributed by atoms with Crippen LogP contribution in [-0.2, 0) is 13.0 Å². The summed E-state index contributed by atoms with van der Waals surface area (Å²) in [5, 5.41) is 13.9. The van der Waals surface area contributed by atoms with Crippen LogP contribution in [-0.4, -0.2) is 24.9 Å². The van der Waals surface area contributed by atoms with E-state index in [4.69, 9.17) is 4.52 Å². The van der Waals surface area contributed by atoms with E-state index in [0.717, 1.165) is 29.8 Å². The Balaban J connectivity index is 1.58. The summed E-state index contributed by atoms with van der Waals surface area (Å²) in [7, 11) is 0. The van der Waals surface area contributed by atoms with Crippen LogP contribution in [0.5, 0.6) is 0 Å². The molecule has 1 aromatic carbocycles. The fourth-order valence-corrected chi connectivity index (χ4v) is 3.62. The van der Waals surface area contributed by atoms with Crippen LogP contribution in [0.3, 0.4) is 0 Å². The van der Waals surface area contributed by atoms with Gasteiger partial charge in [-0.1, -0.05) is 54.2 Å². The molecule has 2 heterocycles. The molecule has 0 bridgehead atoms. The number of aromatic nitrogens is 5. The zero-order chi connectivity index (χ0) is 17.2. The minimum absolute atomic E-state index is 0.0403. The molecule has 0 unspecified atom stereocenters. The summed E-state index contributed by atoms with van der Waals surface area (Å²) in [6.07, 6.45) is 3.18. The molecule has 1 aliphatic carbocycles. The van der Waals surface area contributed by atoms with Gasteiger partial charge < -0.3 is 9.09 Å². The molecule has 1 fully saturated rings. The van der Waals surface area contributed by atoms with Crippen molar-refractivity contribution in [3.63, 3.8) is 0 Å². The molecule has 1 atom stereocenters. The third kappa shape index (κ3) is 3.61. The highest BCUT2D eigenvalue weighted by atomic mass is 32.2. The SMILES string of the molecule is CCc1noc([C@H](C)Sc2nnc(C3CC3)n2Cc2ccccc2)n1. The van der Waals surface area contributed by atoms with E-state index in [-0.39, 0.29) is 5.25 Å². The molecular formula is C18H21N5OS. The highest BCUT2D eigenvalue weighted by Crippen LogP contribution is 2.41. The summed E-state index contributed by atoms with van der Waals surface area (Å²) in [5.74, 6) is 3.03. The first-order valence-corrected chi connectivity index (χ1v) is 9.58. The van der Waals surface area contributed by atoms with Gasteiger partial charge in [-0.15, -0.1) is 10.2 Å². The van der Waals surface area contributed by atoms with Gasteiger partial charge in [-0.2, -0.15) is 4.98 Å². The average molecular weight is 355 g/mol. The standard InChI is InChI=1S/C18H21N5OS/c1-3-15-19-17(24-22-15)12(2)25-18-21-20-16(14-9-10-14)23(18)11-13-7-5-4-6-8-13/h4-8,12,14H,3,9-11H2,1-2H3/t12-/m0/s1. The van der Waals surface area contributed by atoms with Gasteiger partial charge in [0.05, 0.1) is 11.8 Å². The molecule has 2 aromatic heterocycles. The monoisotopic (exact) mass is 355 g/mol. The molecule has 0 radical (unpaired) electrons. The number of hydrogen-bond acceptors (Lipinski definition) is 6. The second-order valence-corrected chi connectivity index (χ2v) is 7.66. The van der Waals surface area contributed by atoms with Gasteiger partial charge in [-0.05, 0) is 25.3 Å². The lowest BCUT2D eigenvalue weighted by Crippen LogP contribution is -2.06. The van der Waals surface area contributed by atoms with E-state index in [2.05, 4.69) is 56.1 Å². The van der Waals surface area contributed by atoms with Gasteiger partial charge in [0.2, 0.25) is 5.89 Å². The van der Waals surface area contributed by atoms with Crippen molar-refractivity contribution >= 4 is 11.8 Å². The first-order chi connectivity index (χ1) is 12.2. The summed E-state index contributed by atoms with van der Waals surface area (Å²) in [6, 6.07) is 10.4. The number of thioether (sulfide) groups is 1. The van der Waals surface area contributed by atoms with Crippen molar-refractivity contribution in [1.82, 2.24) is 24.9 Å². The molecule has 4 rings (SSSR count). The second-order valence-electron chi connectivity index (χ2n) is 6.35. The minimum atomic E-state index is 0.0403. The Bertz CT molecular complexity index is 840. The zero-order valence-electron chi connectivity index (χ0n) is 14.4. The Morgan fingerprint density at radius 1 is 1.24 bits per heavy atom. The second kappa shape index (κ2) is 7.00. The number of rotatable bonds is 7. The summed E-state index contributed by atoms with van der Waals surface area (Å²) in [5.41, 5.74) is 1.25. The lowest BCUT2D eigenvalue weighted by Gasteiger charge is -2.11. The van der Waals surface area contributed by atoms with E-state index >= 15 is 0 Å². The zero-order valence-corrected chi connectivity index (χ0v) is 15.2. The van der Waals surface area contributed by atoms with Gasteiger partial charge in [0.25, 0.3) is 0 Å². The third-order valence-corrected chi connectivity index (χ3v) is 5.37. The van der Waals surface area contributed by atoms with Crippen molar-refractivity contribution in [2.45, 2.75) is 56.0 Å². The Labute approximate surface area is 151 Å². The van der Waals surface area contributed by atoms with E-state index in [1.165, 1.54) is 18.4 Å². The highest BCUT2D eigenvalue weighted by Gasteiger charge is 2.31. The Hall–Kier alpha value is -2.15. The Kier molecular flexibility index (Phi) is 4.57. The fourth-order valence-electron chi connectivity index (χ4n) is 2.73. The molecule has 25 heavy (non-hydrogen) atoms. The van der Waals surface area contributed by atoms with E-state index in [1.54, 1.807) is 11.8 Å². The molecule has 0 spiro atoms. The quantitative estimate of drug-likeness (QED) is 0.597. The number of hydrogen-bond donors (Lipinski definition) is 0. The van der Waals surface area contributed by atoms with Gasteiger partial charge in [0.15, 0.2) is 11.0 Å². The fraction of sp³-hybridized carbons (Fsp3) is 0.444. The number of benzene rings is 1. The maximum absolute atomic E-state index is 5.37. The van der Waals surface area contributed by atoms with Gasteiger partial charge in [-0.25, -0.2) is 0 Å². The largest absolute Gasteiger partial charge is 0.338 e. The van der Waals surface area contributed by atoms with Crippen molar-refractivity contribution in [3.05, 3.63) is 53.4 Å². The Morgan fingerprint density at radius 2 is 2.04 bits per heavy atom. The maximum Gasteiger partial charge on any atom is 0.239 e. The molecule has 1 aliphatic rings. The molecule has 3 aromatic rings. The molecule has 0 saturated heterocycles. The van der Waals surface area contributed by atoms with E-state index in [0.29, 0.717) is 11.8 Å². The van der Waals surface area contributed by atoms with Crippen LogP contribution < -0.4 is 0 Å². The first-order valence-electron chi connectivity index (χ1n) is 8.70. The van der Waals surface area contributed by atoms with Crippen LogP contribution >= 0.6 is 11.8 Å². The summed E-state index contributed by atoms with van der Waals surface area (Å²) >= 11 is 1.63. The van der Waals surface area contributed by atoms with Crippen LogP contribution in [0.15, 0.2) is 40.0 Å². The van der Waals surface area contributed by atoms with Gasteiger partial charge in [0.1, 0.15) is 5.82 Å². The van der Waals surface area contributed by atoms with Gasteiger partial charge in [-0.3, -0.25) is 0 Å². The van der Waals surface area contributed by atoms with Crippen molar-refractivity contribution in [2.75, 3.05) is 0 Å². The summed E-state index contributed by atoms with van der Waals surface area (Å²) in [6.45, 7) is 4.87. The molecule has 0 amide bonds. The lowest BCUT2D eigenvalue weighted by atomic mass is 10.2. The van der Waals surface area contributed by atoms with E-state index in [9.17, 15) is 0 Å². The topological polar surface area (TPSA) is 69.6 Å². The van der Waals surface area contributed by atoms with E-state index in [1.807, 2.05) is 13.0 Å². The van der Waals surface area contributed by atoms with Gasteiger partial charge >= 0.3 is 0 Å². The molecule has 0 N–H and O–H groups in total.